The summed E-state index contributed by atoms with van der Waals surface area (Å²) >= 11 is 0. The van der Waals surface area contributed by atoms with Gasteiger partial charge in [0, 0.05) is 30.7 Å². The largest absolute Gasteiger partial charge is 0.396 e. The molecule has 19 heavy (non-hydrogen) atoms. The summed E-state index contributed by atoms with van der Waals surface area (Å²) in [5, 5.41) is 8.93. The summed E-state index contributed by atoms with van der Waals surface area (Å²) in [5.41, 5.74) is 3.45. The van der Waals surface area contributed by atoms with E-state index in [0.717, 1.165) is 5.56 Å². The highest BCUT2D eigenvalue weighted by Crippen LogP contribution is 2.11. The van der Waals surface area contributed by atoms with Gasteiger partial charge in [-0.15, -0.1) is 0 Å². The minimum atomic E-state index is -0.148. The van der Waals surface area contributed by atoms with Gasteiger partial charge in [-0.05, 0) is 25.0 Å². The number of aromatic nitrogens is 2. The molecule has 2 aromatic rings. The van der Waals surface area contributed by atoms with Crippen LogP contribution in [0, 0.1) is 13.8 Å². The normalized spacial score (nSPS) is 10.7. The maximum Gasteiger partial charge on any atom is 0.254 e. The third kappa shape index (κ3) is 3.09. The van der Waals surface area contributed by atoms with Crippen molar-refractivity contribution in [2.45, 2.75) is 26.7 Å². The lowest BCUT2D eigenvalue weighted by molar-refractivity contribution is 0.298. The molecule has 1 aromatic carbocycles. The number of hydrogen-bond donors (Lipinski definition) is 2. The molecule has 0 spiro atoms. The van der Waals surface area contributed by atoms with Crippen LogP contribution in [-0.4, -0.2) is 21.7 Å². The van der Waals surface area contributed by atoms with E-state index in [0.29, 0.717) is 29.9 Å². The van der Waals surface area contributed by atoms with Crippen molar-refractivity contribution in [1.82, 2.24) is 9.97 Å². The monoisotopic (exact) mass is 258 g/mol. The van der Waals surface area contributed by atoms with Gasteiger partial charge in [0.1, 0.15) is 5.82 Å². The van der Waals surface area contributed by atoms with Gasteiger partial charge in [-0.2, -0.15) is 0 Å². The number of hydrogen-bond acceptors (Lipinski definition) is 3. The molecule has 0 aliphatic rings. The van der Waals surface area contributed by atoms with Gasteiger partial charge in [-0.3, -0.25) is 4.79 Å². The Labute approximate surface area is 112 Å². The molecule has 4 heteroatoms. The van der Waals surface area contributed by atoms with Crippen molar-refractivity contribution in [1.29, 1.82) is 0 Å². The van der Waals surface area contributed by atoms with Crippen molar-refractivity contribution in [3.05, 3.63) is 62.8 Å². The molecule has 4 nitrogen and oxygen atoms in total. The molecule has 0 aliphatic heterocycles. The van der Waals surface area contributed by atoms with Gasteiger partial charge in [0.25, 0.3) is 5.56 Å². The zero-order chi connectivity index (χ0) is 13.8. The average molecular weight is 258 g/mol. The lowest BCUT2D eigenvalue weighted by Gasteiger charge is -2.08. The van der Waals surface area contributed by atoms with Crippen LogP contribution in [0.2, 0.25) is 0 Å². The Balaban J connectivity index is 2.33. The zero-order valence-corrected chi connectivity index (χ0v) is 11.2. The minimum absolute atomic E-state index is 0.0389. The van der Waals surface area contributed by atoms with Gasteiger partial charge < -0.3 is 10.1 Å². The maximum absolute atomic E-state index is 11.9. The van der Waals surface area contributed by atoms with Crippen LogP contribution in [0.4, 0.5) is 0 Å². The van der Waals surface area contributed by atoms with Crippen molar-refractivity contribution in [3.8, 4) is 0 Å². The Hall–Kier alpha value is -1.94. The topological polar surface area (TPSA) is 66.0 Å². The van der Waals surface area contributed by atoms with Gasteiger partial charge >= 0.3 is 0 Å². The summed E-state index contributed by atoms with van der Waals surface area (Å²) in [4.78, 5) is 19.1. The first-order chi connectivity index (χ1) is 9.11. The second-order valence-corrected chi connectivity index (χ2v) is 4.65. The molecule has 0 bridgehead atoms. The average Bonchev–Trinajstić information content (AvgIpc) is 2.37. The van der Waals surface area contributed by atoms with Crippen molar-refractivity contribution >= 4 is 0 Å². The number of H-pyrrole nitrogens is 1. The fourth-order valence-corrected chi connectivity index (χ4v) is 2.15. The Bertz CT molecular complexity index is 632. The molecular weight excluding hydrogens is 240 g/mol. The van der Waals surface area contributed by atoms with Crippen LogP contribution in [0.25, 0.3) is 0 Å². The molecule has 0 amide bonds. The van der Waals surface area contributed by atoms with E-state index < -0.39 is 0 Å². The standard InChI is InChI=1S/C15H18N2O2/c1-10-5-3-4-6-12(10)9-14-16-11(2)13(7-8-18)15(19)17-14/h3-6,18H,7-9H2,1-2H3,(H,16,17,19). The molecule has 0 saturated heterocycles. The molecule has 0 radical (unpaired) electrons. The molecule has 1 heterocycles. The summed E-state index contributed by atoms with van der Waals surface area (Å²) in [6.07, 6.45) is 0.959. The molecule has 2 N–H and O–H groups in total. The van der Waals surface area contributed by atoms with Crippen molar-refractivity contribution < 1.29 is 5.11 Å². The second kappa shape index (κ2) is 5.80. The minimum Gasteiger partial charge on any atom is -0.396 e. The molecule has 100 valence electrons. The van der Waals surface area contributed by atoms with Crippen LogP contribution >= 0.6 is 0 Å². The van der Waals surface area contributed by atoms with Crippen LogP contribution in [0.15, 0.2) is 29.1 Å². The Morgan fingerprint density at radius 3 is 2.63 bits per heavy atom. The first-order valence-electron chi connectivity index (χ1n) is 6.36. The highest BCUT2D eigenvalue weighted by atomic mass is 16.3. The molecule has 2 rings (SSSR count). The van der Waals surface area contributed by atoms with Gasteiger partial charge in [-0.1, -0.05) is 24.3 Å². The van der Waals surface area contributed by atoms with Gasteiger partial charge in [0.05, 0.1) is 0 Å². The zero-order valence-electron chi connectivity index (χ0n) is 11.2. The highest BCUT2D eigenvalue weighted by molar-refractivity contribution is 5.29. The number of nitrogens with one attached hydrogen (secondary N) is 1. The number of aryl methyl sites for hydroxylation is 2. The molecule has 0 atom stereocenters. The SMILES string of the molecule is Cc1ccccc1Cc1nc(C)c(CCO)c(=O)[nH]1. The Morgan fingerprint density at radius 2 is 2.00 bits per heavy atom. The smallest absolute Gasteiger partial charge is 0.254 e. The Kier molecular flexibility index (Phi) is 4.12. The van der Waals surface area contributed by atoms with E-state index in [1.165, 1.54) is 5.56 Å². The number of aromatic amines is 1. The third-order valence-electron chi connectivity index (χ3n) is 3.25. The fourth-order valence-electron chi connectivity index (χ4n) is 2.15. The van der Waals surface area contributed by atoms with Gasteiger partial charge in [-0.25, -0.2) is 4.98 Å². The number of aliphatic hydroxyl groups excluding tert-OH is 1. The Morgan fingerprint density at radius 1 is 1.26 bits per heavy atom. The van der Waals surface area contributed by atoms with Gasteiger partial charge in [0.15, 0.2) is 0 Å². The van der Waals surface area contributed by atoms with Crippen molar-refractivity contribution in [2.24, 2.45) is 0 Å². The first kappa shape index (κ1) is 13.5. The summed E-state index contributed by atoms with van der Waals surface area (Å²) in [5.74, 6) is 0.665. The highest BCUT2D eigenvalue weighted by Gasteiger charge is 2.08. The summed E-state index contributed by atoms with van der Waals surface area (Å²) < 4.78 is 0. The molecule has 0 unspecified atom stereocenters. The quantitative estimate of drug-likeness (QED) is 0.873. The summed E-state index contributed by atoms with van der Waals surface area (Å²) in [7, 11) is 0. The van der Waals surface area contributed by atoms with E-state index in [1.807, 2.05) is 38.1 Å². The van der Waals surface area contributed by atoms with E-state index in [9.17, 15) is 4.79 Å². The van der Waals surface area contributed by atoms with Crippen LogP contribution in [0.3, 0.4) is 0 Å². The lowest BCUT2D eigenvalue weighted by atomic mass is 10.1. The van der Waals surface area contributed by atoms with Crippen LogP contribution in [-0.2, 0) is 12.8 Å². The second-order valence-electron chi connectivity index (χ2n) is 4.65. The van der Waals surface area contributed by atoms with Crippen LogP contribution < -0.4 is 5.56 Å². The lowest BCUT2D eigenvalue weighted by Crippen LogP contribution is -2.20. The van der Waals surface area contributed by atoms with E-state index in [4.69, 9.17) is 5.11 Å². The third-order valence-corrected chi connectivity index (χ3v) is 3.25. The first-order valence-corrected chi connectivity index (χ1v) is 6.36. The number of aliphatic hydroxyl groups is 1. The molecule has 0 saturated carbocycles. The van der Waals surface area contributed by atoms with Crippen LogP contribution in [0.5, 0.6) is 0 Å². The number of nitrogens with zero attached hydrogens (tertiary/aromatic N) is 1. The predicted octanol–water partition coefficient (Wildman–Crippen LogP) is 1.51. The van der Waals surface area contributed by atoms with Gasteiger partial charge in [0.2, 0.25) is 0 Å². The molecular formula is C15H18N2O2. The molecule has 0 fully saturated rings. The summed E-state index contributed by atoms with van der Waals surface area (Å²) in [6.45, 7) is 3.81. The predicted molar refractivity (Wildman–Crippen MR) is 74.4 cm³/mol. The number of rotatable bonds is 4. The van der Waals surface area contributed by atoms with Crippen molar-refractivity contribution in [3.63, 3.8) is 0 Å². The van der Waals surface area contributed by atoms with E-state index in [2.05, 4.69) is 9.97 Å². The molecule has 1 aromatic heterocycles. The van der Waals surface area contributed by atoms with E-state index in [1.54, 1.807) is 0 Å². The van der Waals surface area contributed by atoms with E-state index >= 15 is 0 Å². The summed E-state index contributed by atoms with van der Waals surface area (Å²) in [6, 6.07) is 8.05. The fraction of sp³-hybridized carbons (Fsp3) is 0.333. The van der Waals surface area contributed by atoms with Crippen molar-refractivity contribution in [2.75, 3.05) is 6.61 Å². The number of benzene rings is 1. The molecule has 0 aliphatic carbocycles. The van der Waals surface area contributed by atoms with E-state index in [-0.39, 0.29) is 12.2 Å². The van der Waals surface area contributed by atoms with Crippen LogP contribution in [0.1, 0.15) is 28.2 Å². The maximum atomic E-state index is 11.9.